The maximum absolute atomic E-state index is 10.5. The van der Waals surface area contributed by atoms with Crippen molar-refractivity contribution >= 4 is 23.3 Å². The van der Waals surface area contributed by atoms with Gasteiger partial charge in [0.05, 0.1) is 11.1 Å². The lowest BCUT2D eigenvalue weighted by atomic mass is 10.1. The number of carboxylic acids is 2. The van der Waals surface area contributed by atoms with Crippen molar-refractivity contribution < 1.29 is 19.8 Å². The van der Waals surface area contributed by atoms with Gasteiger partial charge in [-0.25, -0.2) is 9.59 Å². The largest absolute Gasteiger partial charge is 0.478 e. The molecular weight excluding hydrogens is 318 g/mol. The minimum absolute atomic E-state index is 0.190. The molecule has 0 atom stereocenters. The summed E-state index contributed by atoms with van der Waals surface area (Å²) in [7, 11) is 0. The Kier molecular flexibility index (Phi) is 6.31. The molecular formula is C20H17NO4. The molecule has 0 saturated carbocycles. The average Bonchev–Trinajstić information content (AvgIpc) is 2.64. The van der Waals surface area contributed by atoms with Gasteiger partial charge in [-0.1, -0.05) is 48.5 Å². The van der Waals surface area contributed by atoms with E-state index < -0.39 is 11.9 Å². The van der Waals surface area contributed by atoms with E-state index in [4.69, 9.17) is 10.2 Å². The number of hydrogen-bond acceptors (Lipinski definition) is 3. The van der Waals surface area contributed by atoms with Crippen LogP contribution in [-0.4, -0.2) is 22.2 Å². The molecule has 0 aromatic heterocycles. The van der Waals surface area contributed by atoms with Gasteiger partial charge in [-0.3, -0.25) is 0 Å². The first-order chi connectivity index (χ1) is 12.1. The predicted octanol–water partition coefficient (Wildman–Crippen LogP) is 4.51. The molecule has 0 aliphatic rings. The Labute approximate surface area is 145 Å². The van der Waals surface area contributed by atoms with E-state index in [1.807, 2.05) is 60.7 Å². The maximum Gasteiger partial charge on any atom is 0.336 e. The molecule has 0 saturated heterocycles. The third kappa shape index (κ3) is 5.51. The number of benzene rings is 3. The SMILES string of the molecule is O=C(O)c1ccccc1C(=O)O.c1ccc(Nc2ccccc2)cc1. The summed E-state index contributed by atoms with van der Waals surface area (Å²) in [6.07, 6.45) is 0. The smallest absolute Gasteiger partial charge is 0.336 e. The van der Waals surface area contributed by atoms with E-state index in [-0.39, 0.29) is 11.1 Å². The first-order valence-electron chi connectivity index (χ1n) is 7.50. The zero-order valence-electron chi connectivity index (χ0n) is 13.3. The minimum atomic E-state index is -1.23. The van der Waals surface area contributed by atoms with Crippen molar-refractivity contribution in [3.8, 4) is 0 Å². The van der Waals surface area contributed by atoms with E-state index >= 15 is 0 Å². The van der Waals surface area contributed by atoms with E-state index in [0.717, 1.165) is 11.4 Å². The van der Waals surface area contributed by atoms with Gasteiger partial charge >= 0.3 is 11.9 Å². The normalized spacial score (nSPS) is 9.44. The molecule has 5 nitrogen and oxygen atoms in total. The monoisotopic (exact) mass is 335 g/mol. The summed E-state index contributed by atoms with van der Waals surface area (Å²) in [5, 5.41) is 20.4. The van der Waals surface area contributed by atoms with Gasteiger partial charge in [0.15, 0.2) is 0 Å². The van der Waals surface area contributed by atoms with E-state index in [1.54, 1.807) is 0 Å². The molecule has 0 heterocycles. The summed E-state index contributed by atoms with van der Waals surface area (Å²) in [6.45, 7) is 0. The molecule has 0 spiro atoms. The number of carbonyl (C=O) groups is 2. The van der Waals surface area contributed by atoms with Crippen LogP contribution in [-0.2, 0) is 0 Å². The second-order valence-corrected chi connectivity index (χ2v) is 5.01. The van der Waals surface area contributed by atoms with Crippen LogP contribution in [0.3, 0.4) is 0 Å². The van der Waals surface area contributed by atoms with E-state index in [2.05, 4.69) is 5.32 Å². The lowest BCUT2D eigenvalue weighted by molar-refractivity contribution is 0.0651. The standard InChI is InChI=1S/C12H11N.C8H6O4/c1-3-7-11(8-4-1)13-12-9-5-2-6-10-12;9-7(10)5-3-1-2-4-6(5)8(11)12/h1-10,13H;1-4H,(H,9,10)(H,11,12). The van der Waals surface area contributed by atoms with Crippen molar-refractivity contribution in [1.29, 1.82) is 0 Å². The van der Waals surface area contributed by atoms with E-state index in [0.29, 0.717) is 0 Å². The number of para-hydroxylation sites is 2. The molecule has 3 N–H and O–H groups in total. The average molecular weight is 335 g/mol. The summed E-state index contributed by atoms with van der Waals surface area (Å²) in [6, 6.07) is 25.8. The van der Waals surface area contributed by atoms with Gasteiger partial charge in [-0.05, 0) is 36.4 Å². The molecule has 3 rings (SSSR count). The zero-order chi connectivity index (χ0) is 18.1. The lowest BCUT2D eigenvalue weighted by Crippen LogP contribution is -2.06. The summed E-state index contributed by atoms with van der Waals surface area (Å²) >= 11 is 0. The van der Waals surface area contributed by atoms with Gasteiger partial charge in [0, 0.05) is 11.4 Å². The fraction of sp³-hybridized carbons (Fsp3) is 0. The van der Waals surface area contributed by atoms with Gasteiger partial charge in [0.1, 0.15) is 0 Å². The third-order valence-corrected chi connectivity index (χ3v) is 3.22. The van der Waals surface area contributed by atoms with Gasteiger partial charge in [-0.15, -0.1) is 0 Å². The van der Waals surface area contributed by atoms with Crippen LogP contribution in [0.5, 0.6) is 0 Å². The molecule has 0 radical (unpaired) electrons. The topological polar surface area (TPSA) is 86.6 Å². The highest BCUT2D eigenvalue weighted by molar-refractivity contribution is 6.01. The molecule has 0 amide bonds. The summed E-state index contributed by atoms with van der Waals surface area (Å²) in [4.78, 5) is 20.9. The van der Waals surface area contributed by atoms with Gasteiger partial charge in [0.2, 0.25) is 0 Å². The van der Waals surface area contributed by atoms with Gasteiger partial charge in [-0.2, -0.15) is 0 Å². The van der Waals surface area contributed by atoms with Crippen molar-refractivity contribution in [3.63, 3.8) is 0 Å². The number of hydrogen-bond donors (Lipinski definition) is 3. The summed E-state index contributed by atoms with van der Waals surface area (Å²) in [5.74, 6) is -2.46. The fourth-order valence-corrected chi connectivity index (χ4v) is 2.07. The fourth-order valence-electron chi connectivity index (χ4n) is 2.07. The molecule has 0 fully saturated rings. The Morgan fingerprint density at radius 2 is 0.880 bits per heavy atom. The second-order valence-electron chi connectivity index (χ2n) is 5.01. The van der Waals surface area contributed by atoms with E-state index in [9.17, 15) is 9.59 Å². The first-order valence-corrected chi connectivity index (χ1v) is 7.50. The summed E-state index contributed by atoms with van der Waals surface area (Å²) < 4.78 is 0. The molecule has 0 aliphatic heterocycles. The number of aromatic carboxylic acids is 2. The number of carboxylic acid groups (broad SMARTS) is 2. The lowest BCUT2D eigenvalue weighted by Gasteiger charge is -2.04. The summed E-state index contributed by atoms with van der Waals surface area (Å²) in [5.41, 5.74) is 1.86. The molecule has 0 bridgehead atoms. The van der Waals surface area contributed by atoms with E-state index in [1.165, 1.54) is 24.3 Å². The zero-order valence-corrected chi connectivity index (χ0v) is 13.3. The Hall–Kier alpha value is -3.60. The Balaban J connectivity index is 0.000000181. The molecule has 0 aliphatic carbocycles. The van der Waals surface area contributed by atoms with Crippen LogP contribution >= 0.6 is 0 Å². The van der Waals surface area contributed by atoms with Crippen LogP contribution in [0.1, 0.15) is 20.7 Å². The molecule has 126 valence electrons. The second kappa shape index (κ2) is 8.88. The maximum atomic E-state index is 10.5. The number of anilines is 2. The highest BCUT2D eigenvalue weighted by atomic mass is 16.4. The first kappa shape index (κ1) is 17.7. The van der Waals surface area contributed by atoms with Crippen LogP contribution in [0.2, 0.25) is 0 Å². The van der Waals surface area contributed by atoms with Crippen molar-refractivity contribution in [2.75, 3.05) is 5.32 Å². The van der Waals surface area contributed by atoms with Crippen LogP contribution < -0.4 is 5.32 Å². The minimum Gasteiger partial charge on any atom is -0.478 e. The third-order valence-electron chi connectivity index (χ3n) is 3.22. The quantitative estimate of drug-likeness (QED) is 0.653. The van der Waals surface area contributed by atoms with Crippen molar-refractivity contribution in [3.05, 3.63) is 96.1 Å². The van der Waals surface area contributed by atoms with Gasteiger partial charge in [0.25, 0.3) is 0 Å². The molecule has 0 unspecified atom stereocenters. The van der Waals surface area contributed by atoms with Crippen molar-refractivity contribution in [1.82, 2.24) is 0 Å². The van der Waals surface area contributed by atoms with Crippen LogP contribution in [0.25, 0.3) is 0 Å². The molecule has 3 aromatic rings. The van der Waals surface area contributed by atoms with Crippen molar-refractivity contribution in [2.45, 2.75) is 0 Å². The van der Waals surface area contributed by atoms with Crippen molar-refractivity contribution in [2.24, 2.45) is 0 Å². The van der Waals surface area contributed by atoms with Crippen LogP contribution in [0.15, 0.2) is 84.9 Å². The molecule has 5 heteroatoms. The Morgan fingerprint density at radius 1 is 0.560 bits per heavy atom. The Morgan fingerprint density at radius 3 is 1.20 bits per heavy atom. The highest BCUT2D eigenvalue weighted by Crippen LogP contribution is 2.14. The van der Waals surface area contributed by atoms with Crippen LogP contribution in [0, 0.1) is 0 Å². The number of nitrogens with one attached hydrogen (secondary N) is 1. The Bertz CT molecular complexity index is 762. The molecule has 3 aromatic carbocycles. The predicted molar refractivity (Wildman–Crippen MR) is 96.5 cm³/mol. The number of rotatable bonds is 4. The van der Waals surface area contributed by atoms with Gasteiger partial charge < -0.3 is 15.5 Å². The van der Waals surface area contributed by atoms with Crippen LogP contribution in [0.4, 0.5) is 11.4 Å². The molecule has 25 heavy (non-hydrogen) atoms. The highest BCUT2D eigenvalue weighted by Gasteiger charge is 2.13.